The Morgan fingerprint density at radius 2 is 1.81 bits per heavy atom. The fourth-order valence-corrected chi connectivity index (χ4v) is 6.72. The van der Waals surface area contributed by atoms with Crippen molar-refractivity contribution in [1.29, 1.82) is 0 Å². The number of ether oxygens (including phenoxy) is 2. The van der Waals surface area contributed by atoms with Crippen LogP contribution >= 0.6 is 11.6 Å². The third-order valence-electron chi connectivity index (χ3n) is 8.61. The van der Waals surface area contributed by atoms with Crippen molar-refractivity contribution in [3.63, 3.8) is 0 Å². The maximum absolute atomic E-state index is 12.8. The quantitative estimate of drug-likeness (QED) is 0.230. The van der Waals surface area contributed by atoms with Crippen molar-refractivity contribution in [1.82, 2.24) is 24.6 Å². The van der Waals surface area contributed by atoms with E-state index in [-0.39, 0.29) is 17.7 Å². The van der Waals surface area contributed by atoms with Crippen molar-refractivity contribution >= 4 is 35.9 Å². The van der Waals surface area contributed by atoms with E-state index in [0.717, 1.165) is 50.0 Å². The van der Waals surface area contributed by atoms with Crippen LogP contribution in [-0.4, -0.2) is 81.3 Å². The van der Waals surface area contributed by atoms with Gasteiger partial charge < -0.3 is 20.5 Å². The molecule has 2 bridgehead atoms. The number of hydrogen-bond donors (Lipinski definition) is 3. The lowest BCUT2D eigenvalue weighted by molar-refractivity contribution is -0.0458. The molecule has 2 saturated heterocycles. The zero-order chi connectivity index (χ0) is 29.8. The molecule has 1 aliphatic carbocycles. The average molecular weight is 608 g/mol. The highest BCUT2D eigenvalue weighted by Crippen LogP contribution is 2.38. The smallest absolute Gasteiger partial charge is 0.287 e. The molecule has 43 heavy (non-hydrogen) atoms. The van der Waals surface area contributed by atoms with Crippen LogP contribution in [0.1, 0.15) is 51.5 Å². The van der Waals surface area contributed by atoms with Gasteiger partial charge in [-0.05, 0) is 63.1 Å². The Hall–Kier alpha value is -3.74. The lowest BCUT2D eigenvalue weighted by Gasteiger charge is -2.43. The molecule has 13 heteroatoms. The molecular weight excluding hydrogens is 570 g/mol. The lowest BCUT2D eigenvalue weighted by atomic mass is 9.89. The Kier molecular flexibility index (Phi) is 9.06. The van der Waals surface area contributed by atoms with Crippen LogP contribution < -0.4 is 21.3 Å². The van der Waals surface area contributed by atoms with E-state index in [1.165, 1.54) is 25.5 Å². The number of halogens is 1. The minimum absolute atomic E-state index is 0.186. The Labute approximate surface area is 255 Å². The molecule has 4 N–H and O–H groups in total. The second kappa shape index (κ2) is 13.3. The maximum atomic E-state index is 12.8. The first-order valence-corrected chi connectivity index (χ1v) is 15.3. The normalized spacial score (nSPS) is 25.0. The highest BCUT2D eigenvalue weighted by molar-refractivity contribution is 6.32. The van der Waals surface area contributed by atoms with Crippen LogP contribution in [-0.2, 0) is 4.74 Å². The monoisotopic (exact) mass is 607 g/mol. The molecule has 0 radical (unpaired) electrons. The molecule has 0 spiro atoms. The number of H-pyrrole nitrogens is 1. The summed E-state index contributed by atoms with van der Waals surface area (Å²) < 4.78 is 13.7. The third kappa shape index (κ3) is 6.76. The molecule has 228 valence electrons. The van der Waals surface area contributed by atoms with Gasteiger partial charge in [-0.15, -0.1) is 0 Å². The number of aromatic amines is 1. The van der Waals surface area contributed by atoms with Crippen molar-refractivity contribution < 1.29 is 9.47 Å². The molecule has 1 saturated carbocycles. The predicted molar refractivity (Wildman–Crippen MR) is 168 cm³/mol. The second-order valence-corrected chi connectivity index (χ2v) is 11.9. The van der Waals surface area contributed by atoms with E-state index in [1.807, 2.05) is 29.9 Å². The van der Waals surface area contributed by atoms with Gasteiger partial charge in [0.1, 0.15) is 23.9 Å². The zero-order valence-corrected chi connectivity index (χ0v) is 25.0. The van der Waals surface area contributed by atoms with Crippen molar-refractivity contribution in [3.05, 3.63) is 52.2 Å². The van der Waals surface area contributed by atoms with E-state index in [0.29, 0.717) is 47.1 Å². The van der Waals surface area contributed by atoms with Crippen LogP contribution in [0.25, 0.3) is 11.1 Å². The van der Waals surface area contributed by atoms with Gasteiger partial charge in [0, 0.05) is 36.1 Å². The summed E-state index contributed by atoms with van der Waals surface area (Å²) in [6, 6.07) is 7.55. The Morgan fingerprint density at radius 3 is 2.53 bits per heavy atom. The molecule has 2 aromatic heterocycles. The Morgan fingerprint density at radius 1 is 1.12 bits per heavy atom. The van der Waals surface area contributed by atoms with Crippen molar-refractivity contribution in [3.8, 4) is 16.9 Å². The van der Waals surface area contributed by atoms with Gasteiger partial charge in [-0.2, -0.15) is 0 Å². The molecule has 0 amide bonds. The predicted octanol–water partition coefficient (Wildman–Crippen LogP) is 4.16. The highest BCUT2D eigenvalue weighted by Gasteiger charge is 2.42. The number of aliphatic imine (C=N–C) groups is 2. The standard InChI is InChI=1S/C30H38ClN9O3/c1-19(11-33-18-34-17-32)43-28-10-20(2-9-26(28)31)21-12-35-30(36-13-21)37-27-14-39(38-29(27)41)22-3-5-23(6-4-22)40-24-7-8-25(40)16-42-15-24/h2,9-10,12-14,17-19,22-25H,3-8,11,15-16H2,1H3,(H,38,41)(H2,32,33,34)(H,35,36,37)/t19-,22?,23?,24-,25+/m0/s1. The summed E-state index contributed by atoms with van der Waals surface area (Å²) in [6.07, 6.45) is 14.4. The number of nitrogens with one attached hydrogen (secondary N) is 2. The summed E-state index contributed by atoms with van der Waals surface area (Å²) in [5, 5.41) is 6.57. The van der Waals surface area contributed by atoms with E-state index < -0.39 is 0 Å². The first-order valence-electron chi connectivity index (χ1n) is 14.9. The number of aromatic nitrogens is 4. The molecule has 6 rings (SSSR count). The lowest BCUT2D eigenvalue weighted by Crippen LogP contribution is -2.52. The van der Waals surface area contributed by atoms with Crippen LogP contribution in [0.15, 0.2) is 51.6 Å². The summed E-state index contributed by atoms with van der Waals surface area (Å²) in [5.74, 6) is 0.876. The van der Waals surface area contributed by atoms with E-state index >= 15 is 0 Å². The van der Waals surface area contributed by atoms with Crippen LogP contribution in [0, 0.1) is 0 Å². The SMILES string of the molecule is C[C@@H](CN=CN=CN)Oc1cc(-c2cnc(Nc3cn(C4CCC(N5[C@@H]6CC[C@H]5COC6)CC4)[nH]c3=O)nc2)ccc1Cl. The fraction of sp³-hybridized carbons (Fsp3) is 0.500. The molecular formula is C30H38ClN9O3. The minimum atomic E-state index is -0.222. The molecule has 3 aromatic rings. The van der Waals surface area contributed by atoms with E-state index in [1.54, 1.807) is 18.5 Å². The van der Waals surface area contributed by atoms with Gasteiger partial charge in [0.2, 0.25) is 5.95 Å². The first kappa shape index (κ1) is 29.3. The fourth-order valence-electron chi connectivity index (χ4n) is 6.55. The Bertz CT molecular complexity index is 1480. The first-order chi connectivity index (χ1) is 21.0. The number of fused-ring (bicyclic) bond motifs is 2. The number of anilines is 2. The van der Waals surface area contributed by atoms with Crippen LogP contribution in [0.3, 0.4) is 0 Å². The van der Waals surface area contributed by atoms with Crippen molar-refractivity contribution in [2.24, 2.45) is 15.7 Å². The van der Waals surface area contributed by atoms with Crippen molar-refractivity contribution in [2.75, 3.05) is 25.1 Å². The van der Waals surface area contributed by atoms with Gasteiger partial charge in [0.05, 0.1) is 43.4 Å². The molecule has 2 aliphatic heterocycles. The maximum Gasteiger partial charge on any atom is 0.287 e. The molecule has 3 atom stereocenters. The topological polar surface area (TPSA) is 148 Å². The van der Waals surface area contributed by atoms with Gasteiger partial charge in [0.15, 0.2) is 0 Å². The molecule has 3 fully saturated rings. The molecule has 0 unspecified atom stereocenters. The summed E-state index contributed by atoms with van der Waals surface area (Å²) in [4.78, 5) is 32.3. The average Bonchev–Trinajstić information content (AvgIpc) is 3.51. The van der Waals surface area contributed by atoms with Gasteiger partial charge in [0.25, 0.3) is 5.56 Å². The number of nitrogens with two attached hydrogens (primary N) is 1. The van der Waals surface area contributed by atoms with Crippen LogP contribution in [0.5, 0.6) is 5.75 Å². The van der Waals surface area contributed by atoms with Crippen LogP contribution in [0.2, 0.25) is 5.02 Å². The molecule has 1 aromatic carbocycles. The third-order valence-corrected chi connectivity index (χ3v) is 8.92. The molecule has 4 heterocycles. The zero-order valence-electron chi connectivity index (χ0n) is 24.2. The number of morpholine rings is 1. The summed E-state index contributed by atoms with van der Waals surface area (Å²) in [6.45, 7) is 4.04. The largest absolute Gasteiger partial charge is 0.487 e. The number of hydrogen-bond acceptors (Lipinski definition) is 8. The van der Waals surface area contributed by atoms with E-state index in [2.05, 4.69) is 35.3 Å². The number of benzene rings is 1. The number of rotatable bonds is 10. The summed E-state index contributed by atoms with van der Waals surface area (Å²) in [7, 11) is 0. The Balaban J connectivity index is 1.06. The number of nitrogens with zero attached hydrogens (tertiary/aromatic N) is 6. The van der Waals surface area contributed by atoms with Crippen LogP contribution in [0.4, 0.5) is 11.6 Å². The second-order valence-electron chi connectivity index (χ2n) is 11.5. The van der Waals surface area contributed by atoms with E-state index in [9.17, 15) is 4.79 Å². The molecule has 12 nitrogen and oxygen atoms in total. The minimum Gasteiger partial charge on any atom is -0.487 e. The highest BCUT2D eigenvalue weighted by atomic mass is 35.5. The van der Waals surface area contributed by atoms with Gasteiger partial charge >= 0.3 is 0 Å². The van der Waals surface area contributed by atoms with E-state index in [4.69, 9.17) is 26.8 Å². The summed E-state index contributed by atoms with van der Waals surface area (Å²) in [5.41, 5.74) is 7.08. The summed E-state index contributed by atoms with van der Waals surface area (Å²) >= 11 is 6.37. The van der Waals surface area contributed by atoms with Gasteiger partial charge in [-0.1, -0.05) is 17.7 Å². The van der Waals surface area contributed by atoms with Gasteiger partial charge in [-0.3, -0.25) is 24.5 Å². The van der Waals surface area contributed by atoms with Crippen molar-refractivity contribution in [2.45, 2.75) is 75.7 Å². The molecule has 3 aliphatic rings. The van der Waals surface area contributed by atoms with Gasteiger partial charge in [-0.25, -0.2) is 15.0 Å².